The SMILES string of the molecule is C=CC(=O)O[C@@H]1[C@@H](O)[C@@H](O[C@H]2[C@H](O)[C@@H](O)[C@H](O)O[C@@H]2CO)O[C@H](CO)[C@H]1O. The number of ether oxygens (including phenoxy) is 4. The van der Waals surface area contributed by atoms with Gasteiger partial charge in [-0.25, -0.2) is 4.79 Å². The van der Waals surface area contributed by atoms with Crippen molar-refractivity contribution >= 4 is 5.97 Å². The molecule has 2 aliphatic rings. The summed E-state index contributed by atoms with van der Waals surface area (Å²) in [5.41, 5.74) is 0. The second-order valence-electron chi connectivity index (χ2n) is 6.14. The summed E-state index contributed by atoms with van der Waals surface area (Å²) in [4.78, 5) is 11.4. The minimum atomic E-state index is -1.78. The van der Waals surface area contributed by atoms with Crippen LogP contribution in [0.2, 0.25) is 0 Å². The molecular formula is C15H24O12. The molecule has 0 radical (unpaired) electrons. The first kappa shape index (κ1) is 22.1. The fourth-order valence-corrected chi connectivity index (χ4v) is 2.88. The molecule has 0 spiro atoms. The molecular weight excluding hydrogens is 372 g/mol. The van der Waals surface area contributed by atoms with Crippen LogP contribution in [0.1, 0.15) is 0 Å². The Kier molecular flexibility index (Phi) is 7.64. The van der Waals surface area contributed by atoms with Crippen molar-refractivity contribution in [3.8, 4) is 0 Å². The van der Waals surface area contributed by atoms with Gasteiger partial charge in [0.05, 0.1) is 13.2 Å². The van der Waals surface area contributed by atoms with Crippen molar-refractivity contribution in [3.05, 3.63) is 12.7 Å². The number of esters is 1. The van der Waals surface area contributed by atoms with Crippen LogP contribution in [0.3, 0.4) is 0 Å². The third-order valence-corrected chi connectivity index (χ3v) is 4.37. The summed E-state index contributed by atoms with van der Waals surface area (Å²) in [5, 5.41) is 68.4. The van der Waals surface area contributed by atoms with E-state index in [0.717, 1.165) is 6.08 Å². The van der Waals surface area contributed by atoms with Gasteiger partial charge in [0.1, 0.15) is 42.7 Å². The Hall–Kier alpha value is -1.19. The molecule has 12 nitrogen and oxygen atoms in total. The van der Waals surface area contributed by atoms with Gasteiger partial charge in [-0.15, -0.1) is 0 Å². The summed E-state index contributed by atoms with van der Waals surface area (Å²) >= 11 is 0. The molecule has 2 rings (SSSR count). The van der Waals surface area contributed by atoms with Gasteiger partial charge in [-0.3, -0.25) is 0 Å². The van der Waals surface area contributed by atoms with E-state index in [1.54, 1.807) is 0 Å². The summed E-state index contributed by atoms with van der Waals surface area (Å²) in [6, 6.07) is 0. The molecule has 27 heavy (non-hydrogen) atoms. The molecule has 7 N–H and O–H groups in total. The number of hydrogen-bond acceptors (Lipinski definition) is 12. The minimum Gasteiger partial charge on any atom is -0.453 e. The lowest BCUT2D eigenvalue weighted by molar-refractivity contribution is -0.355. The molecule has 0 saturated carbocycles. The summed E-state index contributed by atoms with van der Waals surface area (Å²) in [6.45, 7) is 1.76. The van der Waals surface area contributed by atoms with E-state index in [1.165, 1.54) is 0 Å². The van der Waals surface area contributed by atoms with Gasteiger partial charge in [-0.2, -0.15) is 0 Å². The monoisotopic (exact) mass is 396 g/mol. The van der Waals surface area contributed by atoms with Gasteiger partial charge in [0.2, 0.25) is 0 Å². The Morgan fingerprint density at radius 2 is 1.52 bits per heavy atom. The Morgan fingerprint density at radius 3 is 2.07 bits per heavy atom. The normalized spacial score (nSPS) is 45.3. The molecule has 2 aliphatic heterocycles. The highest BCUT2D eigenvalue weighted by Gasteiger charge is 2.51. The quantitative estimate of drug-likeness (QED) is 0.168. The maximum atomic E-state index is 11.4. The first-order chi connectivity index (χ1) is 12.7. The predicted octanol–water partition coefficient (Wildman–Crippen LogP) is -4.66. The van der Waals surface area contributed by atoms with Crippen LogP contribution in [0, 0.1) is 0 Å². The van der Waals surface area contributed by atoms with Gasteiger partial charge in [0, 0.05) is 6.08 Å². The average Bonchev–Trinajstić information content (AvgIpc) is 2.66. The highest BCUT2D eigenvalue weighted by atomic mass is 16.7. The van der Waals surface area contributed by atoms with E-state index in [2.05, 4.69) is 6.58 Å². The Bertz CT molecular complexity index is 513. The first-order valence-corrected chi connectivity index (χ1v) is 8.16. The average molecular weight is 396 g/mol. The third-order valence-electron chi connectivity index (χ3n) is 4.37. The molecule has 0 bridgehead atoms. The molecule has 2 heterocycles. The van der Waals surface area contributed by atoms with Crippen molar-refractivity contribution in [3.63, 3.8) is 0 Å². The topological polar surface area (TPSA) is 196 Å². The van der Waals surface area contributed by atoms with Crippen LogP contribution in [0.5, 0.6) is 0 Å². The highest BCUT2D eigenvalue weighted by Crippen LogP contribution is 2.29. The smallest absolute Gasteiger partial charge is 0.330 e. The van der Waals surface area contributed by atoms with Crippen LogP contribution in [-0.2, 0) is 23.7 Å². The molecule has 2 fully saturated rings. The zero-order valence-corrected chi connectivity index (χ0v) is 14.1. The second-order valence-corrected chi connectivity index (χ2v) is 6.14. The largest absolute Gasteiger partial charge is 0.453 e. The van der Waals surface area contributed by atoms with Crippen LogP contribution in [0.15, 0.2) is 12.7 Å². The van der Waals surface area contributed by atoms with E-state index in [9.17, 15) is 40.5 Å². The highest BCUT2D eigenvalue weighted by molar-refractivity contribution is 5.81. The van der Waals surface area contributed by atoms with Gasteiger partial charge >= 0.3 is 5.97 Å². The van der Waals surface area contributed by atoms with Crippen LogP contribution in [-0.4, -0.2) is 116 Å². The molecule has 12 heteroatoms. The van der Waals surface area contributed by atoms with Gasteiger partial charge in [-0.1, -0.05) is 6.58 Å². The van der Waals surface area contributed by atoms with Crippen molar-refractivity contribution in [2.24, 2.45) is 0 Å². The molecule has 156 valence electrons. The third kappa shape index (κ3) is 4.63. The van der Waals surface area contributed by atoms with E-state index < -0.39 is 80.6 Å². The number of aliphatic hydroxyl groups excluding tert-OH is 7. The summed E-state index contributed by atoms with van der Waals surface area (Å²) in [5.74, 6) is -0.955. The predicted molar refractivity (Wildman–Crippen MR) is 82.7 cm³/mol. The van der Waals surface area contributed by atoms with Crippen LogP contribution in [0.4, 0.5) is 0 Å². The molecule has 0 aliphatic carbocycles. The van der Waals surface area contributed by atoms with Crippen molar-refractivity contribution < 1.29 is 59.5 Å². The van der Waals surface area contributed by atoms with Gasteiger partial charge in [0.25, 0.3) is 0 Å². The zero-order valence-electron chi connectivity index (χ0n) is 14.1. The molecule has 10 atom stereocenters. The summed E-state index contributed by atoms with van der Waals surface area (Å²) in [7, 11) is 0. The summed E-state index contributed by atoms with van der Waals surface area (Å²) < 4.78 is 20.4. The molecule has 2 saturated heterocycles. The number of hydrogen-bond donors (Lipinski definition) is 7. The van der Waals surface area contributed by atoms with Crippen LogP contribution in [0.25, 0.3) is 0 Å². The molecule has 0 amide bonds. The molecule has 0 unspecified atom stereocenters. The van der Waals surface area contributed by atoms with Crippen LogP contribution < -0.4 is 0 Å². The maximum Gasteiger partial charge on any atom is 0.330 e. The lowest BCUT2D eigenvalue weighted by Gasteiger charge is -2.45. The second kappa shape index (κ2) is 9.34. The van der Waals surface area contributed by atoms with E-state index in [-0.39, 0.29) is 0 Å². The van der Waals surface area contributed by atoms with E-state index in [4.69, 9.17) is 18.9 Å². The maximum absolute atomic E-state index is 11.4. The van der Waals surface area contributed by atoms with Gasteiger partial charge in [-0.05, 0) is 0 Å². The van der Waals surface area contributed by atoms with Gasteiger partial charge in [0.15, 0.2) is 18.7 Å². The van der Waals surface area contributed by atoms with E-state index in [1.807, 2.05) is 0 Å². The molecule has 0 aromatic heterocycles. The van der Waals surface area contributed by atoms with Crippen molar-refractivity contribution in [1.82, 2.24) is 0 Å². The number of rotatable bonds is 6. The fraction of sp³-hybridized carbons (Fsp3) is 0.800. The minimum absolute atomic E-state index is 0.713. The van der Waals surface area contributed by atoms with Crippen molar-refractivity contribution in [2.45, 2.75) is 61.4 Å². The number of aliphatic hydroxyl groups is 7. The number of carbonyl (C=O) groups is 1. The van der Waals surface area contributed by atoms with Crippen molar-refractivity contribution in [1.29, 1.82) is 0 Å². The fourth-order valence-electron chi connectivity index (χ4n) is 2.88. The van der Waals surface area contributed by atoms with Crippen LogP contribution >= 0.6 is 0 Å². The van der Waals surface area contributed by atoms with E-state index >= 15 is 0 Å². The summed E-state index contributed by atoms with van der Waals surface area (Å²) in [6.07, 6.45) is -15.1. The van der Waals surface area contributed by atoms with Gasteiger partial charge < -0.3 is 54.7 Å². The van der Waals surface area contributed by atoms with E-state index in [0.29, 0.717) is 0 Å². The zero-order chi connectivity index (χ0) is 20.3. The first-order valence-electron chi connectivity index (χ1n) is 8.16. The molecule has 0 aromatic carbocycles. The standard InChI is InChI=1S/C15H24O12/c1-2-7(18)26-13-8(19)5(3-16)25-15(11(13)22)27-12-6(4-17)24-14(23)10(21)9(12)20/h2,5-6,8-17,19-23H,1,3-4H2/t5-,6-,8-,9-,10-,11-,12-,13+,14-,15-/m1/s1. The van der Waals surface area contributed by atoms with Crippen molar-refractivity contribution in [2.75, 3.05) is 13.2 Å². The lowest BCUT2D eigenvalue weighted by atomic mass is 9.97. The Balaban J connectivity index is 2.19. The number of carbonyl (C=O) groups excluding carboxylic acids is 1. The lowest BCUT2D eigenvalue weighted by Crippen LogP contribution is -2.65. The Labute approximate surface area is 153 Å². The Morgan fingerprint density at radius 1 is 0.889 bits per heavy atom. The molecule has 0 aromatic rings.